The van der Waals surface area contributed by atoms with Crippen LogP contribution >= 0.6 is 11.6 Å². The van der Waals surface area contributed by atoms with Gasteiger partial charge in [0.05, 0.1) is 18.7 Å². The molecule has 0 spiro atoms. The Morgan fingerprint density at radius 1 is 1.22 bits per heavy atom. The molecule has 1 N–H and O–H groups in total. The van der Waals surface area contributed by atoms with Crippen molar-refractivity contribution in [3.8, 4) is 0 Å². The molecule has 2 aromatic rings. The van der Waals surface area contributed by atoms with Gasteiger partial charge in [-0.15, -0.1) is 0 Å². The Labute approximate surface area is 111 Å². The summed E-state index contributed by atoms with van der Waals surface area (Å²) in [4.78, 5) is 15.9. The van der Waals surface area contributed by atoms with Crippen molar-refractivity contribution in [2.24, 2.45) is 0 Å². The first kappa shape index (κ1) is 12.6. The zero-order chi connectivity index (χ0) is 12.8. The molecule has 92 valence electrons. The predicted octanol–water partition coefficient (Wildman–Crippen LogP) is 2.59. The smallest absolute Gasteiger partial charge is 0.224 e. The number of aromatic nitrogens is 1. The number of rotatable bonds is 4. The highest BCUT2D eigenvalue weighted by molar-refractivity contribution is 6.30. The van der Waals surface area contributed by atoms with E-state index in [0.29, 0.717) is 18.0 Å². The summed E-state index contributed by atoms with van der Waals surface area (Å²) < 4.78 is 0. The van der Waals surface area contributed by atoms with Gasteiger partial charge in [0, 0.05) is 11.2 Å². The van der Waals surface area contributed by atoms with Crippen LogP contribution in [0.25, 0.3) is 0 Å². The van der Waals surface area contributed by atoms with Crippen LogP contribution in [0.1, 0.15) is 11.3 Å². The van der Waals surface area contributed by atoms with Crippen LogP contribution in [0.4, 0.5) is 0 Å². The monoisotopic (exact) mass is 260 g/mol. The van der Waals surface area contributed by atoms with Gasteiger partial charge in [0.25, 0.3) is 0 Å². The lowest BCUT2D eigenvalue weighted by Crippen LogP contribution is -2.24. The molecule has 0 saturated heterocycles. The molecule has 0 fully saturated rings. The Kier molecular flexibility index (Phi) is 4.31. The number of hydrogen-bond acceptors (Lipinski definition) is 2. The van der Waals surface area contributed by atoms with Crippen LogP contribution in [-0.2, 0) is 17.8 Å². The van der Waals surface area contributed by atoms with Crippen molar-refractivity contribution in [2.75, 3.05) is 0 Å². The SMILES string of the molecule is O=C(Cc1cccc(Cl)c1)NCc1ccccn1. The van der Waals surface area contributed by atoms with E-state index in [1.807, 2.05) is 30.3 Å². The molecular weight excluding hydrogens is 248 g/mol. The Balaban J connectivity index is 1.86. The number of carbonyl (C=O) groups excluding carboxylic acids is 1. The highest BCUT2D eigenvalue weighted by atomic mass is 35.5. The van der Waals surface area contributed by atoms with Gasteiger partial charge >= 0.3 is 0 Å². The van der Waals surface area contributed by atoms with Crippen LogP contribution in [0.2, 0.25) is 5.02 Å². The van der Waals surface area contributed by atoms with E-state index >= 15 is 0 Å². The summed E-state index contributed by atoms with van der Waals surface area (Å²) in [5.74, 6) is -0.0390. The maximum Gasteiger partial charge on any atom is 0.224 e. The Morgan fingerprint density at radius 3 is 2.83 bits per heavy atom. The zero-order valence-electron chi connectivity index (χ0n) is 9.77. The molecule has 0 aliphatic carbocycles. The molecule has 2 rings (SSSR count). The van der Waals surface area contributed by atoms with Gasteiger partial charge in [0.15, 0.2) is 0 Å². The Bertz CT molecular complexity index is 528. The van der Waals surface area contributed by atoms with E-state index in [2.05, 4.69) is 10.3 Å². The number of pyridine rings is 1. The number of carbonyl (C=O) groups is 1. The summed E-state index contributed by atoms with van der Waals surface area (Å²) in [5, 5.41) is 3.47. The van der Waals surface area contributed by atoms with Gasteiger partial charge < -0.3 is 5.32 Å². The van der Waals surface area contributed by atoms with Crippen molar-refractivity contribution in [3.63, 3.8) is 0 Å². The highest BCUT2D eigenvalue weighted by Crippen LogP contribution is 2.10. The second-order valence-corrected chi connectivity index (χ2v) is 4.34. The molecule has 1 heterocycles. The molecule has 0 atom stereocenters. The van der Waals surface area contributed by atoms with Crippen LogP contribution in [0.3, 0.4) is 0 Å². The first-order valence-electron chi connectivity index (χ1n) is 5.65. The van der Waals surface area contributed by atoms with Gasteiger partial charge in [-0.05, 0) is 29.8 Å². The van der Waals surface area contributed by atoms with Gasteiger partial charge in [0.2, 0.25) is 5.91 Å². The minimum Gasteiger partial charge on any atom is -0.350 e. The lowest BCUT2D eigenvalue weighted by atomic mass is 10.1. The zero-order valence-corrected chi connectivity index (χ0v) is 10.5. The summed E-state index contributed by atoms with van der Waals surface area (Å²) in [6.07, 6.45) is 2.03. The van der Waals surface area contributed by atoms with Crippen molar-refractivity contribution >= 4 is 17.5 Å². The standard InChI is InChI=1S/C14H13ClN2O/c15-12-5-3-4-11(8-12)9-14(18)17-10-13-6-1-2-7-16-13/h1-8H,9-10H2,(H,17,18). The molecule has 1 amide bonds. The molecule has 0 saturated carbocycles. The summed E-state index contributed by atoms with van der Waals surface area (Å²) in [7, 11) is 0. The van der Waals surface area contributed by atoms with Gasteiger partial charge in [0.1, 0.15) is 0 Å². The molecule has 1 aromatic heterocycles. The predicted molar refractivity (Wildman–Crippen MR) is 71.2 cm³/mol. The van der Waals surface area contributed by atoms with Crippen LogP contribution in [-0.4, -0.2) is 10.9 Å². The van der Waals surface area contributed by atoms with Crippen LogP contribution in [0, 0.1) is 0 Å². The number of nitrogens with one attached hydrogen (secondary N) is 1. The molecule has 0 bridgehead atoms. The molecule has 0 aliphatic rings. The fourth-order valence-electron chi connectivity index (χ4n) is 1.59. The minimum absolute atomic E-state index is 0.0390. The van der Waals surface area contributed by atoms with Crippen molar-refractivity contribution in [2.45, 2.75) is 13.0 Å². The molecule has 0 aliphatic heterocycles. The van der Waals surface area contributed by atoms with Crippen LogP contribution in [0.15, 0.2) is 48.7 Å². The first-order chi connectivity index (χ1) is 8.74. The third-order valence-corrected chi connectivity index (χ3v) is 2.68. The Hall–Kier alpha value is -1.87. The Morgan fingerprint density at radius 2 is 2.11 bits per heavy atom. The normalized spacial score (nSPS) is 10.1. The van der Waals surface area contributed by atoms with Crippen molar-refractivity contribution in [1.82, 2.24) is 10.3 Å². The first-order valence-corrected chi connectivity index (χ1v) is 6.03. The lowest BCUT2D eigenvalue weighted by Gasteiger charge is -2.05. The second-order valence-electron chi connectivity index (χ2n) is 3.90. The largest absolute Gasteiger partial charge is 0.350 e. The van der Waals surface area contributed by atoms with Gasteiger partial charge in [-0.2, -0.15) is 0 Å². The lowest BCUT2D eigenvalue weighted by molar-refractivity contribution is -0.120. The minimum atomic E-state index is -0.0390. The summed E-state index contributed by atoms with van der Waals surface area (Å²) in [6, 6.07) is 12.9. The summed E-state index contributed by atoms with van der Waals surface area (Å²) in [6.45, 7) is 0.445. The fraction of sp³-hybridized carbons (Fsp3) is 0.143. The molecule has 0 unspecified atom stereocenters. The second kappa shape index (κ2) is 6.17. The van der Waals surface area contributed by atoms with E-state index in [4.69, 9.17) is 11.6 Å². The van der Waals surface area contributed by atoms with Crippen LogP contribution < -0.4 is 5.32 Å². The van der Waals surface area contributed by atoms with E-state index in [-0.39, 0.29) is 5.91 Å². The molecular formula is C14H13ClN2O. The number of halogens is 1. The van der Waals surface area contributed by atoms with Crippen molar-refractivity contribution in [3.05, 3.63) is 64.9 Å². The summed E-state index contributed by atoms with van der Waals surface area (Å²) in [5.41, 5.74) is 1.75. The maximum atomic E-state index is 11.7. The fourth-order valence-corrected chi connectivity index (χ4v) is 1.80. The van der Waals surface area contributed by atoms with E-state index in [1.54, 1.807) is 18.3 Å². The topological polar surface area (TPSA) is 42.0 Å². The molecule has 18 heavy (non-hydrogen) atoms. The summed E-state index contributed by atoms with van der Waals surface area (Å²) >= 11 is 5.86. The molecule has 4 heteroatoms. The number of benzene rings is 1. The van der Waals surface area contributed by atoms with E-state index in [9.17, 15) is 4.79 Å². The number of amides is 1. The van der Waals surface area contributed by atoms with Gasteiger partial charge in [-0.3, -0.25) is 9.78 Å². The average Bonchev–Trinajstić information content (AvgIpc) is 2.38. The molecule has 1 aromatic carbocycles. The van der Waals surface area contributed by atoms with E-state index in [0.717, 1.165) is 11.3 Å². The molecule has 3 nitrogen and oxygen atoms in total. The quantitative estimate of drug-likeness (QED) is 0.918. The van der Waals surface area contributed by atoms with Gasteiger partial charge in [-0.1, -0.05) is 29.8 Å². The van der Waals surface area contributed by atoms with Crippen LogP contribution in [0.5, 0.6) is 0 Å². The van der Waals surface area contributed by atoms with Gasteiger partial charge in [-0.25, -0.2) is 0 Å². The van der Waals surface area contributed by atoms with E-state index < -0.39 is 0 Å². The van der Waals surface area contributed by atoms with E-state index in [1.165, 1.54) is 0 Å². The average molecular weight is 261 g/mol. The third-order valence-electron chi connectivity index (χ3n) is 2.45. The van der Waals surface area contributed by atoms with Crippen molar-refractivity contribution in [1.29, 1.82) is 0 Å². The number of hydrogen-bond donors (Lipinski definition) is 1. The maximum absolute atomic E-state index is 11.7. The number of nitrogens with zero attached hydrogens (tertiary/aromatic N) is 1. The molecule has 0 radical (unpaired) electrons. The highest BCUT2D eigenvalue weighted by Gasteiger charge is 2.03. The third kappa shape index (κ3) is 3.86. The van der Waals surface area contributed by atoms with Crippen molar-refractivity contribution < 1.29 is 4.79 Å².